The zero-order chi connectivity index (χ0) is 21.9. The zero-order valence-electron chi connectivity index (χ0n) is 20.3. The van der Waals surface area contributed by atoms with Crippen molar-refractivity contribution in [3.8, 4) is 0 Å². The monoisotopic (exact) mass is 566 g/mol. The molecule has 0 saturated carbocycles. The molecule has 34 heavy (non-hydrogen) atoms. The van der Waals surface area contributed by atoms with Crippen LogP contribution in [0.2, 0.25) is 3.63 Å². The maximum Gasteiger partial charge on any atom is -1.00 e. The molecular formula is C31H34Cl2Zr. The number of halogens is 2. The number of allylic oxidation sites excluding steroid dienone is 8. The first-order chi connectivity index (χ1) is 15.8. The van der Waals surface area contributed by atoms with Crippen molar-refractivity contribution < 1.29 is 46.1 Å². The number of rotatable bonds is 6. The molecule has 3 aliphatic rings. The van der Waals surface area contributed by atoms with Crippen LogP contribution in [0, 0.1) is 0 Å². The van der Waals surface area contributed by atoms with Gasteiger partial charge in [-0.15, -0.1) is 0 Å². The number of hydrogen-bond donors (Lipinski definition) is 0. The minimum absolute atomic E-state index is 0. The van der Waals surface area contributed by atoms with Crippen LogP contribution < -0.4 is 24.8 Å². The Morgan fingerprint density at radius 3 is 2.03 bits per heavy atom. The molecule has 0 heterocycles. The van der Waals surface area contributed by atoms with E-state index in [-0.39, 0.29) is 24.8 Å². The largest absolute Gasteiger partial charge is 1.00 e. The van der Waals surface area contributed by atoms with E-state index in [1.54, 1.807) is 19.9 Å². The van der Waals surface area contributed by atoms with Crippen molar-refractivity contribution in [1.29, 1.82) is 0 Å². The van der Waals surface area contributed by atoms with Crippen molar-refractivity contribution in [1.82, 2.24) is 0 Å². The van der Waals surface area contributed by atoms with Gasteiger partial charge < -0.3 is 24.8 Å². The molecule has 3 aliphatic carbocycles. The van der Waals surface area contributed by atoms with Gasteiger partial charge in [-0.2, -0.15) is 0 Å². The minimum Gasteiger partial charge on any atom is -1.00 e. The van der Waals surface area contributed by atoms with Gasteiger partial charge in [0.25, 0.3) is 0 Å². The smallest absolute Gasteiger partial charge is 1.00 e. The minimum atomic E-state index is -2.33. The zero-order valence-corrected chi connectivity index (χ0v) is 24.3. The summed E-state index contributed by atoms with van der Waals surface area (Å²) in [5, 5.41) is 0. The van der Waals surface area contributed by atoms with E-state index in [1.807, 2.05) is 8.85 Å². The Morgan fingerprint density at radius 1 is 0.824 bits per heavy atom. The molecule has 0 radical (unpaired) electrons. The molecule has 0 nitrogen and oxygen atoms in total. The Hall–Kier alpha value is -1.27. The normalized spacial score (nSPS) is 18.5. The van der Waals surface area contributed by atoms with Crippen LogP contribution in [0.5, 0.6) is 0 Å². The Bertz CT molecular complexity index is 1110. The van der Waals surface area contributed by atoms with E-state index >= 15 is 0 Å². The van der Waals surface area contributed by atoms with Gasteiger partial charge >= 0.3 is 202 Å². The van der Waals surface area contributed by atoms with E-state index in [2.05, 4.69) is 92.7 Å². The maximum absolute atomic E-state index is 2.64. The summed E-state index contributed by atoms with van der Waals surface area (Å²) in [5.41, 5.74) is 9.74. The van der Waals surface area contributed by atoms with Crippen molar-refractivity contribution in [2.45, 2.75) is 62.4 Å². The van der Waals surface area contributed by atoms with Gasteiger partial charge in [-0.25, -0.2) is 0 Å². The van der Waals surface area contributed by atoms with Crippen LogP contribution in [-0.4, -0.2) is 3.21 Å². The van der Waals surface area contributed by atoms with E-state index in [4.69, 9.17) is 0 Å². The molecule has 0 bridgehead atoms. The Kier molecular flexibility index (Phi) is 10.1. The average Bonchev–Trinajstić information content (AvgIpc) is 3.47. The van der Waals surface area contributed by atoms with Crippen LogP contribution in [0.1, 0.15) is 69.9 Å². The first kappa shape index (κ1) is 27.3. The van der Waals surface area contributed by atoms with Gasteiger partial charge in [0.1, 0.15) is 0 Å². The fraction of sp³-hybridized carbons (Fsp3) is 0.323. The third kappa shape index (κ3) is 5.28. The second-order valence-corrected chi connectivity index (χ2v) is 15.5. The van der Waals surface area contributed by atoms with Crippen LogP contribution in [0.25, 0.3) is 0 Å². The van der Waals surface area contributed by atoms with E-state index in [9.17, 15) is 0 Å². The van der Waals surface area contributed by atoms with E-state index < -0.39 is 21.3 Å². The number of hydrogen-bond acceptors (Lipinski definition) is 0. The fourth-order valence-corrected chi connectivity index (χ4v) is 15.6. The van der Waals surface area contributed by atoms with Crippen LogP contribution >= 0.6 is 0 Å². The van der Waals surface area contributed by atoms with Crippen molar-refractivity contribution in [2.24, 2.45) is 0 Å². The van der Waals surface area contributed by atoms with Crippen molar-refractivity contribution in [3.63, 3.8) is 0 Å². The first-order valence-electron chi connectivity index (χ1n) is 12.5. The maximum atomic E-state index is 2.64. The summed E-state index contributed by atoms with van der Waals surface area (Å²) in [5.74, 6) is 0. The summed E-state index contributed by atoms with van der Waals surface area (Å²) in [6.45, 7) is 4.72. The molecule has 176 valence electrons. The Balaban J connectivity index is 0.00000162. The summed E-state index contributed by atoms with van der Waals surface area (Å²) in [4.78, 5) is 0. The molecule has 2 aromatic carbocycles. The van der Waals surface area contributed by atoms with Gasteiger partial charge in [0.05, 0.1) is 0 Å². The third-order valence-electron chi connectivity index (χ3n) is 7.49. The van der Waals surface area contributed by atoms with Crippen LogP contribution in [0.3, 0.4) is 0 Å². The van der Waals surface area contributed by atoms with Crippen LogP contribution in [0.4, 0.5) is 0 Å². The van der Waals surface area contributed by atoms with Gasteiger partial charge in [0.2, 0.25) is 0 Å². The molecule has 0 aromatic heterocycles. The van der Waals surface area contributed by atoms with Crippen molar-refractivity contribution >= 4 is 3.21 Å². The van der Waals surface area contributed by atoms with E-state index in [0.29, 0.717) is 3.63 Å². The van der Waals surface area contributed by atoms with Crippen molar-refractivity contribution in [2.75, 3.05) is 0 Å². The molecule has 2 aromatic rings. The molecule has 0 fully saturated rings. The van der Waals surface area contributed by atoms with Gasteiger partial charge in [-0.05, 0) is 0 Å². The molecule has 1 unspecified atom stereocenters. The summed E-state index contributed by atoms with van der Waals surface area (Å²) in [6.07, 6.45) is 16.6. The molecule has 3 heteroatoms. The molecule has 0 amide bonds. The van der Waals surface area contributed by atoms with Crippen LogP contribution in [0.15, 0.2) is 104 Å². The second kappa shape index (κ2) is 12.6. The SMILES string of the molecule is CCC1=CC[C]([Zr+2](=[C](c2ccccc2)c2ccccc2)[CH]2C=CC3=C2CCCC3)=C1CC.[Cl-].[Cl-]. The summed E-state index contributed by atoms with van der Waals surface area (Å²) in [7, 11) is 0. The molecule has 0 spiro atoms. The van der Waals surface area contributed by atoms with Gasteiger partial charge in [-0.1, -0.05) is 0 Å². The number of benzene rings is 2. The third-order valence-corrected chi connectivity index (χ3v) is 15.9. The summed E-state index contributed by atoms with van der Waals surface area (Å²) in [6, 6.07) is 22.7. The van der Waals surface area contributed by atoms with Gasteiger partial charge in [-0.3, -0.25) is 0 Å². The molecule has 5 rings (SSSR count). The molecule has 0 N–H and O–H groups in total. The molecule has 1 atom stereocenters. The average molecular weight is 569 g/mol. The quantitative estimate of drug-likeness (QED) is 0.503. The van der Waals surface area contributed by atoms with Crippen LogP contribution in [-0.2, 0) is 21.3 Å². The summed E-state index contributed by atoms with van der Waals surface area (Å²) >= 11 is -2.33. The molecular weight excluding hydrogens is 534 g/mol. The topological polar surface area (TPSA) is 0 Å². The standard InChI is InChI=1S/C13H10.C9H11.C9H13.2ClH.Zr/c1-3-7-12(8-4-1)11-13-9-5-2-6-10-13;1-2-5-9-7-3-6-8(9)4-1;1-3-8-6-5-7-9(8)4-2;;;/h1-10H;3,6-7H,1-2,4-5H2;6H,3-5H2,1-2H3;2*1H;/q;;;;;+2/p-2. The second-order valence-electron chi connectivity index (χ2n) is 9.21. The molecule has 0 saturated heterocycles. The van der Waals surface area contributed by atoms with Crippen molar-refractivity contribution in [3.05, 3.63) is 116 Å². The predicted molar refractivity (Wildman–Crippen MR) is 135 cm³/mol. The van der Waals surface area contributed by atoms with E-state index in [1.165, 1.54) is 56.1 Å². The van der Waals surface area contributed by atoms with Gasteiger partial charge in [0.15, 0.2) is 0 Å². The Morgan fingerprint density at radius 2 is 1.44 bits per heavy atom. The summed E-state index contributed by atoms with van der Waals surface area (Å²) < 4.78 is 4.25. The molecule has 0 aliphatic heterocycles. The van der Waals surface area contributed by atoms with Gasteiger partial charge in [0, 0.05) is 0 Å². The Labute approximate surface area is 225 Å². The predicted octanol–water partition coefficient (Wildman–Crippen LogP) is 2.51. The fourth-order valence-electron chi connectivity index (χ4n) is 6.01. The first-order valence-corrected chi connectivity index (χ1v) is 16.4. The van der Waals surface area contributed by atoms with E-state index in [0.717, 1.165) is 0 Å².